The Bertz CT molecular complexity index is 1110. The highest BCUT2D eigenvalue weighted by molar-refractivity contribution is 7.89. The van der Waals surface area contributed by atoms with Crippen molar-refractivity contribution < 1.29 is 13.2 Å². The minimum Gasteiger partial charge on any atom is -0.300 e. The van der Waals surface area contributed by atoms with Crippen molar-refractivity contribution in [2.24, 2.45) is 0 Å². The van der Waals surface area contributed by atoms with Crippen molar-refractivity contribution >= 4 is 21.7 Å². The molecule has 0 N–H and O–H groups in total. The molecule has 0 aromatic carbocycles. The van der Waals surface area contributed by atoms with Gasteiger partial charge in [0.1, 0.15) is 16.5 Å². The molecule has 2 aromatic rings. The molecular formula is C20H28N6O3S. The first-order chi connectivity index (χ1) is 14.1. The Morgan fingerprint density at radius 3 is 2.53 bits per heavy atom. The Kier molecular flexibility index (Phi) is 5.17. The summed E-state index contributed by atoms with van der Waals surface area (Å²) in [5.41, 5.74) is 2.26. The van der Waals surface area contributed by atoms with E-state index in [0.717, 1.165) is 17.7 Å². The average Bonchev–Trinajstić information content (AvgIpc) is 3.32. The van der Waals surface area contributed by atoms with Gasteiger partial charge in [0.2, 0.25) is 15.9 Å². The number of hydrogen-bond donors (Lipinski definition) is 0. The number of carbonyl (C=O) groups is 1. The highest BCUT2D eigenvalue weighted by Crippen LogP contribution is 2.38. The summed E-state index contributed by atoms with van der Waals surface area (Å²) in [5.74, 6) is 1.07. The summed E-state index contributed by atoms with van der Waals surface area (Å²) in [6, 6.07) is -0.382. The van der Waals surface area contributed by atoms with Gasteiger partial charge in [-0.25, -0.2) is 18.4 Å². The molecule has 0 radical (unpaired) electrons. The first kappa shape index (κ1) is 20.9. The van der Waals surface area contributed by atoms with Crippen molar-refractivity contribution in [1.29, 1.82) is 0 Å². The topological polar surface area (TPSA) is 101 Å². The zero-order valence-electron chi connectivity index (χ0n) is 18.1. The number of rotatable bonds is 4. The first-order valence-electron chi connectivity index (χ1n) is 10.3. The summed E-state index contributed by atoms with van der Waals surface area (Å²) in [6.45, 7) is 7.95. The van der Waals surface area contributed by atoms with Gasteiger partial charge < -0.3 is 0 Å². The van der Waals surface area contributed by atoms with Crippen LogP contribution in [0.5, 0.6) is 0 Å². The maximum atomic E-state index is 13.5. The Hall–Kier alpha value is -2.33. The standard InChI is InChI=1S/C20H28N6O3S/c1-12(2)25-11-17(14(4)23-25)30(28,29)26-10-6-7-16(26)19-21-13(3)15-8-9-18(27)24(5)20(15)22-19/h11-12,16H,6-10H2,1-5H3. The van der Waals surface area contributed by atoms with Crippen molar-refractivity contribution in [2.45, 2.75) is 70.4 Å². The van der Waals surface area contributed by atoms with Crippen LogP contribution in [0.1, 0.15) is 68.0 Å². The van der Waals surface area contributed by atoms with Crippen molar-refractivity contribution in [1.82, 2.24) is 24.1 Å². The zero-order valence-corrected chi connectivity index (χ0v) is 18.9. The van der Waals surface area contributed by atoms with Gasteiger partial charge in [-0.05, 0) is 47.0 Å². The molecule has 1 saturated heterocycles. The highest BCUT2D eigenvalue weighted by atomic mass is 32.2. The quantitative estimate of drug-likeness (QED) is 0.735. The minimum atomic E-state index is -3.75. The lowest BCUT2D eigenvalue weighted by Crippen LogP contribution is -2.35. The van der Waals surface area contributed by atoms with Crippen molar-refractivity contribution in [3.8, 4) is 0 Å². The van der Waals surface area contributed by atoms with Gasteiger partial charge >= 0.3 is 0 Å². The third-order valence-corrected chi connectivity index (χ3v) is 7.99. The number of fused-ring (bicyclic) bond motifs is 1. The van der Waals surface area contributed by atoms with Crippen LogP contribution >= 0.6 is 0 Å². The molecule has 10 heteroatoms. The monoisotopic (exact) mass is 432 g/mol. The second-order valence-electron chi connectivity index (χ2n) is 8.35. The molecule has 1 fully saturated rings. The van der Waals surface area contributed by atoms with Crippen LogP contribution < -0.4 is 4.90 Å². The van der Waals surface area contributed by atoms with Gasteiger partial charge in [-0.2, -0.15) is 9.40 Å². The van der Waals surface area contributed by atoms with E-state index >= 15 is 0 Å². The molecule has 0 saturated carbocycles. The molecule has 4 rings (SSSR count). The lowest BCUT2D eigenvalue weighted by molar-refractivity contribution is -0.118. The number of nitrogens with zero attached hydrogens (tertiary/aromatic N) is 6. The minimum absolute atomic E-state index is 0.0131. The van der Waals surface area contributed by atoms with E-state index in [-0.39, 0.29) is 16.8 Å². The number of aromatic nitrogens is 4. The van der Waals surface area contributed by atoms with Crippen LogP contribution in [0, 0.1) is 13.8 Å². The summed E-state index contributed by atoms with van der Waals surface area (Å²) in [7, 11) is -2.04. The van der Waals surface area contributed by atoms with E-state index in [4.69, 9.17) is 0 Å². The van der Waals surface area contributed by atoms with E-state index in [1.54, 1.807) is 29.7 Å². The molecule has 2 aromatic heterocycles. The molecule has 0 bridgehead atoms. The van der Waals surface area contributed by atoms with Gasteiger partial charge in [-0.15, -0.1) is 0 Å². The number of sulfonamides is 1. The van der Waals surface area contributed by atoms with Crippen molar-refractivity contribution in [2.75, 3.05) is 18.5 Å². The highest BCUT2D eigenvalue weighted by Gasteiger charge is 2.40. The van der Waals surface area contributed by atoms with Gasteiger partial charge in [0.15, 0.2) is 0 Å². The molecule has 1 amide bonds. The van der Waals surface area contributed by atoms with Gasteiger partial charge in [0.05, 0.1) is 11.7 Å². The van der Waals surface area contributed by atoms with E-state index in [9.17, 15) is 13.2 Å². The zero-order chi connectivity index (χ0) is 21.8. The van der Waals surface area contributed by atoms with Crippen LogP contribution in [0.2, 0.25) is 0 Å². The van der Waals surface area contributed by atoms with Crippen LogP contribution in [0.15, 0.2) is 11.1 Å². The number of amides is 1. The maximum absolute atomic E-state index is 13.5. The molecule has 0 spiro atoms. The Morgan fingerprint density at radius 1 is 1.13 bits per heavy atom. The Balaban J connectivity index is 1.74. The molecule has 162 valence electrons. The van der Waals surface area contributed by atoms with E-state index in [1.165, 1.54) is 4.31 Å². The molecule has 0 aliphatic carbocycles. The lowest BCUT2D eigenvalue weighted by Gasteiger charge is -2.28. The van der Waals surface area contributed by atoms with Crippen molar-refractivity contribution in [3.05, 3.63) is 29.0 Å². The maximum Gasteiger partial charge on any atom is 0.247 e. The van der Waals surface area contributed by atoms with E-state index in [2.05, 4.69) is 15.1 Å². The summed E-state index contributed by atoms with van der Waals surface area (Å²) in [4.78, 5) is 23.3. The van der Waals surface area contributed by atoms with Gasteiger partial charge in [0, 0.05) is 43.5 Å². The summed E-state index contributed by atoms with van der Waals surface area (Å²) >= 11 is 0. The SMILES string of the molecule is Cc1nn(C(C)C)cc1S(=O)(=O)N1CCCC1c1nc(C)c2c(n1)N(C)C(=O)CC2. The van der Waals surface area contributed by atoms with Crippen LogP contribution in [0.3, 0.4) is 0 Å². The Morgan fingerprint density at radius 2 is 1.87 bits per heavy atom. The fraction of sp³-hybridized carbons (Fsp3) is 0.600. The number of hydrogen-bond acceptors (Lipinski definition) is 6. The molecule has 4 heterocycles. The van der Waals surface area contributed by atoms with E-state index in [0.29, 0.717) is 43.1 Å². The second kappa shape index (κ2) is 7.42. The van der Waals surface area contributed by atoms with Crippen LogP contribution in [0.25, 0.3) is 0 Å². The summed E-state index contributed by atoms with van der Waals surface area (Å²) < 4.78 is 30.2. The third kappa shape index (κ3) is 3.31. The smallest absolute Gasteiger partial charge is 0.247 e. The van der Waals surface area contributed by atoms with Crippen LogP contribution in [-0.4, -0.2) is 52.0 Å². The third-order valence-electron chi connectivity index (χ3n) is 5.98. The molecule has 30 heavy (non-hydrogen) atoms. The molecule has 2 aliphatic heterocycles. The van der Waals surface area contributed by atoms with Crippen LogP contribution in [-0.2, 0) is 21.2 Å². The predicted molar refractivity (Wildman–Crippen MR) is 112 cm³/mol. The summed E-state index contributed by atoms with van der Waals surface area (Å²) in [5, 5.41) is 4.37. The van der Waals surface area contributed by atoms with Gasteiger partial charge in [0.25, 0.3) is 0 Å². The van der Waals surface area contributed by atoms with Crippen LogP contribution in [0.4, 0.5) is 5.82 Å². The number of aryl methyl sites for hydroxylation is 2. The molecule has 1 atom stereocenters. The number of carbonyl (C=O) groups excluding carboxylic acids is 1. The largest absolute Gasteiger partial charge is 0.300 e. The summed E-state index contributed by atoms with van der Waals surface area (Å²) in [6.07, 6.45) is 4.04. The van der Waals surface area contributed by atoms with Crippen molar-refractivity contribution in [3.63, 3.8) is 0 Å². The second-order valence-corrected chi connectivity index (χ2v) is 10.2. The molecule has 1 unspecified atom stereocenters. The van der Waals surface area contributed by atoms with E-state index < -0.39 is 16.1 Å². The average molecular weight is 433 g/mol. The first-order valence-corrected chi connectivity index (χ1v) is 11.8. The fourth-order valence-electron chi connectivity index (χ4n) is 4.23. The van der Waals surface area contributed by atoms with Gasteiger partial charge in [-0.3, -0.25) is 14.4 Å². The fourth-order valence-corrected chi connectivity index (χ4v) is 6.05. The Labute approximate surface area is 177 Å². The molecule has 2 aliphatic rings. The predicted octanol–water partition coefficient (Wildman–Crippen LogP) is 2.31. The molecular weight excluding hydrogens is 404 g/mol. The van der Waals surface area contributed by atoms with E-state index in [1.807, 2.05) is 20.8 Å². The normalized spacial score (nSPS) is 20.3. The number of anilines is 1. The lowest BCUT2D eigenvalue weighted by atomic mass is 10.0. The molecule has 9 nitrogen and oxygen atoms in total. The van der Waals surface area contributed by atoms with Gasteiger partial charge in [-0.1, -0.05) is 0 Å².